The zero-order valence-corrected chi connectivity index (χ0v) is 22.3. The molecule has 1 fully saturated rings. The normalized spacial score (nSPS) is 18.9. The largest absolute Gasteiger partial charge is 0.373 e. The molecule has 0 bridgehead atoms. The fourth-order valence-corrected chi connectivity index (χ4v) is 7.07. The highest BCUT2D eigenvalue weighted by Crippen LogP contribution is 2.28. The molecule has 0 saturated carbocycles. The van der Waals surface area contributed by atoms with Gasteiger partial charge in [0.25, 0.3) is 0 Å². The molecule has 0 spiro atoms. The molecule has 2 unspecified atom stereocenters. The first-order valence-electron chi connectivity index (χ1n) is 11.3. The SMILES string of the molecule is Cc1ccc(CSc2nnc(NCC(=O)c3cccc(S(=O)(=O)N4CC(C)OC(C)C4)c3)s2)cc1. The molecule has 0 radical (unpaired) electrons. The van der Waals surface area contributed by atoms with Gasteiger partial charge in [0.2, 0.25) is 15.2 Å². The van der Waals surface area contributed by atoms with E-state index in [1.54, 1.807) is 23.9 Å². The molecular formula is C24H28N4O4S3. The maximum Gasteiger partial charge on any atom is 0.243 e. The van der Waals surface area contributed by atoms with Crippen LogP contribution in [0.5, 0.6) is 0 Å². The Hall–Kier alpha value is -2.31. The van der Waals surface area contributed by atoms with Gasteiger partial charge < -0.3 is 10.1 Å². The monoisotopic (exact) mass is 532 g/mol. The minimum absolute atomic E-state index is 0.00755. The molecule has 1 N–H and O–H groups in total. The van der Waals surface area contributed by atoms with Gasteiger partial charge in [-0.05, 0) is 38.5 Å². The van der Waals surface area contributed by atoms with Crippen LogP contribution in [0.3, 0.4) is 0 Å². The number of aryl methyl sites for hydroxylation is 1. The van der Waals surface area contributed by atoms with Gasteiger partial charge in [-0.1, -0.05) is 65.1 Å². The zero-order valence-electron chi connectivity index (χ0n) is 19.8. The Morgan fingerprint density at radius 2 is 1.86 bits per heavy atom. The zero-order chi connectivity index (χ0) is 25.0. The molecule has 1 aliphatic heterocycles. The molecule has 0 amide bonds. The van der Waals surface area contributed by atoms with Gasteiger partial charge >= 0.3 is 0 Å². The Labute approximate surface area is 214 Å². The molecular weight excluding hydrogens is 504 g/mol. The summed E-state index contributed by atoms with van der Waals surface area (Å²) >= 11 is 2.97. The van der Waals surface area contributed by atoms with Gasteiger partial charge in [-0.2, -0.15) is 4.31 Å². The molecule has 35 heavy (non-hydrogen) atoms. The van der Waals surface area contributed by atoms with Crippen LogP contribution in [0.4, 0.5) is 5.13 Å². The van der Waals surface area contributed by atoms with E-state index in [0.717, 1.165) is 10.1 Å². The van der Waals surface area contributed by atoms with Crippen molar-refractivity contribution in [2.75, 3.05) is 25.0 Å². The van der Waals surface area contributed by atoms with E-state index in [0.29, 0.717) is 10.7 Å². The van der Waals surface area contributed by atoms with Crippen molar-refractivity contribution in [3.05, 3.63) is 65.2 Å². The lowest BCUT2D eigenvalue weighted by molar-refractivity contribution is -0.0440. The van der Waals surface area contributed by atoms with Crippen molar-refractivity contribution in [2.24, 2.45) is 0 Å². The van der Waals surface area contributed by atoms with E-state index in [1.807, 2.05) is 13.8 Å². The number of sulfonamides is 1. The van der Waals surface area contributed by atoms with Crippen LogP contribution in [0, 0.1) is 6.92 Å². The molecule has 1 aromatic heterocycles. The quantitative estimate of drug-likeness (QED) is 0.323. The second-order valence-electron chi connectivity index (χ2n) is 8.53. The Morgan fingerprint density at radius 1 is 1.14 bits per heavy atom. The van der Waals surface area contributed by atoms with Crippen LogP contribution in [0.1, 0.15) is 35.3 Å². The lowest BCUT2D eigenvalue weighted by Crippen LogP contribution is -2.48. The lowest BCUT2D eigenvalue weighted by atomic mass is 10.1. The number of rotatable bonds is 9. The highest BCUT2D eigenvalue weighted by molar-refractivity contribution is 8.00. The minimum atomic E-state index is -3.72. The number of aromatic nitrogens is 2. The number of Topliss-reactive ketones (excluding diaryl/α,β-unsaturated/α-hetero) is 1. The lowest BCUT2D eigenvalue weighted by Gasteiger charge is -2.34. The predicted octanol–water partition coefficient (Wildman–Crippen LogP) is 4.23. The summed E-state index contributed by atoms with van der Waals surface area (Å²) in [6, 6.07) is 14.5. The van der Waals surface area contributed by atoms with Crippen LogP contribution in [0.25, 0.3) is 0 Å². The van der Waals surface area contributed by atoms with Crippen molar-refractivity contribution in [3.8, 4) is 0 Å². The fraction of sp³-hybridized carbons (Fsp3) is 0.375. The van der Waals surface area contributed by atoms with Crippen molar-refractivity contribution in [2.45, 2.75) is 48.0 Å². The number of hydrogen-bond acceptors (Lipinski definition) is 9. The summed E-state index contributed by atoms with van der Waals surface area (Å²) in [5.74, 6) is 0.560. The van der Waals surface area contributed by atoms with Gasteiger partial charge in [0, 0.05) is 24.4 Å². The number of carbonyl (C=O) groups is 1. The standard InChI is InChI=1S/C24H28N4O4S3/c1-16-7-9-19(10-8-16)15-33-24-27-26-23(34-24)25-12-22(29)20-5-4-6-21(11-20)35(30,31)28-13-17(2)32-18(3)14-28/h4-11,17-18H,12-15H2,1-3H3,(H,25,26). The number of ether oxygens (including phenoxy) is 1. The van der Waals surface area contributed by atoms with Gasteiger partial charge in [0.05, 0.1) is 23.6 Å². The second kappa shape index (κ2) is 11.2. The van der Waals surface area contributed by atoms with E-state index >= 15 is 0 Å². The van der Waals surface area contributed by atoms with Gasteiger partial charge in [-0.25, -0.2) is 8.42 Å². The molecule has 8 nitrogen and oxygen atoms in total. The van der Waals surface area contributed by atoms with Gasteiger partial charge in [0.1, 0.15) is 0 Å². The summed E-state index contributed by atoms with van der Waals surface area (Å²) < 4.78 is 34.2. The van der Waals surface area contributed by atoms with Crippen LogP contribution >= 0.6 is 23.1 Å². The third-order valence-electron chi connectivity index (χ3n) is 5.47. The summed E-state index contributed by atoms with van der Waals surface area (Å²) in [4.78, 5) is 12.9. The number of benzene rings is 2. The van der Waals surface area contributed by atoms with Crippen molar-refractivity contribution < 1.29 is 17.9 Å². The van der Waals surface area contributed by atoms with Gasteiger partial charge in [0.15, 0.2) is 10.1 Å². The van der Waals surface area contributed by atoms with Crippen molar-refractivity contribution in [1.82, 2.24) is 14.5 Å². The number of hydrogen-bond donors (Lipinski definition) is 1. The number of ketones is 1. The van der Waals surface area contributed by atoms with Crippen LogP contribution in [-0.2, 0) is 20.5 Å². The van der Waals surface area contributed by atoms with E-state index in [4.69, 9.17) is 4.74 Å². The second-order valence-corrected chi connectivity index (χ2v) is 12.7. The maximum absolute atomic E-state index is 13.1. The average molecular weight is 533 g/mol. The first kappa shape index (κ1) is 25.8. The molecule has 11 heteroatoms. The molecule has 3 aromatic rings. The fourth-order valence-electron chi connectivity index (χ4n) is 3.73. The van der Waals surface area contributed by atoms with E-state index < -0.39 is 10.0 Å². The van der Waals surface area contributed by atoms with E-state index in [2.05, 4.69) is 46.7 Å². The molecule has 186 valence electrons. The molecule has 0 aliphatic carbocycles. The van der Waals surface area contributed by atoms with E-state index in [1.165, 1.54) is 38.9 Å². The highest BCUT2D eigenvalue weighted by Gasteiger charge is 2.32. The average Bonchev–Trinajstić information content (AvgIpc) is 3.29. The molecule has 2 aromatic carbocycles. The number of nitrogens with one attached hydrogen (secondary N) is 1. The third-order valence-corrected chi connectivity index (χ3v) is 9.38. The molecule has 1 aliphatic rings. The Bertz CT molecular complexity index is 1270. The summed E-state index contributed by atoms with van der Waals surface area (Å²) in [7, 11) is -3.72. The summed E-state index contributed by atoms with van der Waals surface area (Å²) in [5, 5.41) is 11.8. The number of thioether (sulfide) groups is 1. The smallest absolute Gasteiger partial charge is 0.243 e. The summed E-state index contributed by atoms with van der Waals surface area (Å²) in [6.07, 6.45) is -0.372. The third kappa shape index (κ3) is 6.68. The predicted molar refractivity (Wildman–Crippen MR) is 139 cm³/mol. The number of anilines is 1. The number of carbonyl (C=O) groups excluding carboxylic acids is 1. The van der Waals surface area contributed by atoms with E-state index in [-0.39, 0.29) is 42.5 Å². The molecule has 2 heterocycles. The Balaban J connectivity index is 1.35. The first-order chi connectivity index (χ1) is 16.7. The highest BCUT2D eigenvalue weighted by atomic mass is 32.2. The van der Waals surface area contributed by atoms with E-state index in [9.17, 15) is 13.2 Å². The van der Waals surface area contributed by atoms with Crippen molar-refractivity contribution >= 4 is 44.0 Å². The van der Waals surface area contributed by atoms with Gasteiger partial charge in [-0.3, -0.25) is 4.79 Å². The minimum Gasteiger partial charge on any atom is -0.373 e. The van der Waals surface area contributed by atoms with Crippen LogP contribution < -0.4 is 5.32 Å². The topological polar surface area (TPSA) is 101 Å². The van der Waals surface area contributed by atoms with Crippen LogP contribution in [0.15, 0.2) is 57.8 Å². The summed E-state index contributed by atoms with van der Waals surface area (Å²) in [5.41, 5.74) is 2.75. The summed E-state index contributed by atoms with van der Waals surface area (Å²) in [6.45, 7) is 6.32. The van der Waals surface area contributed by atoms with Gasteiger partial charge in [-0.15, -0.1) is 10.2 Å². The Kier molecular flexibility index (Phi) is 8.23. The van der Waals surface area contributed by atoms with Crippen LogP contribution in [0.2, 0.25) is 0 Å². The molecule has 1 saturated heterocycles. The molecule has 2 atom stereocenters. The molecule has 4 rings (SSSR count). The van der Waals surface area contributed by atoms with Crippen LogP contribution in [-0.4, -0.2) is 60.5 Å². The van der Waals surface area contributed by atoms with Crippen molar-refractivity contribution in [1.29, 1.82) is 0 Å². The first-order valence-corrected chi connectivity index (χ1v) is 14.5. The Morgan fingerprint density at radius 3 is 2.57 bits per heavy atom. The maximum atomic E-state index is 13.1. The number of nitrogens with zero attached hydrogens (tertiary/aromatic N) is 3. The van der Waals surface area contributed by atoms with Crippen molar-refractivity contribution in [3.63, 3.8) is 0 Å². The number of morpholine rings is 1.